The number of halogens is 2. The van der Waals surface area contributed by atoms with Crippen LogP contribution in [0.5, 0.6) is 0 Å². The van der Waals surface area contributed by atoms with E-state index in [0.717, 1.165) is 11.1 Å². The summed E-state index contributed by atoms with van der Waals surface area (Å²) >= 11 is 13.1. The first-order valence-corrected chi connectivity index (χ1v) is 9.39. The summed E-state index contributed by atoms with van der Waals surface area (Å²) in [7, 11) is 0. The Morgan fingerprint density at radius 3 is 2.54 bits per heavy atom. The zero-order valence-electron chi connectivity index (χ0n) is 14.0. The minimum Gasteiger partial charge on any atom is -0.411 e. The van der Waals surface area contributed by atoms with Crippen LogP contribution in [-0.2, 0) is 4.79 Å². The number of aryl methyl sites for hydroxylation is 1. The summed E-state index contributed by atoms with van der Waals surface area (Å²) in [5.41, 5.74) is 2.44. The minimum absolute atomic E-state index is 0.219. The molecule has 0 saturated heterocycles. The summed E-state index contributed by atoms with van der Waals surface area (Å²) in [6.45, 7) is 3.72. The Hall–Kier alpha value is -2.02. The lowest BCUT2D eigenvalue weighted by Gasteiger charge is -2.10. The molecule has 8 heteroatoms. The van der Waals surface area contributed by atoms with Gasteiger partial charge in [0.25, 0.3) is 5.22 Å². The maximum absolute atomic E-state index is 12.4. The van der Waals surface area contributed by atoms with E-state index in [1.807, 2.05) is 31.2 Å². The highest BCUT2D eigenvalue weighted by Crippen LogP contribution is 2.29. The van der Waals surface area contributed by atoms with Crippen molar-refractivity contribution in [3.8, 4) is 11.5 Å². The second-order valence-electron chi connectivity index (χ2n) is 5.60. The summed E-state index contributed by atoms with van der Waals surface area (Å²) < 4.78 is 5.68. The van der Waals surface area contributed by atoms with Gasteiger partial charge in [-0.3, -0.25) is 4.79 Å². The molecule has 1 atom stereocenters. The van der Waals surface area contributed by atoms with Crippen LogP contribution >= 0.6 is 35.0 Å². The number of amides is 1. The van der Waals surface area contributed by atoms with Crippen LogP contribution in [-0.4, -0.2) is 21.4 Å². The Labute approximate surface area is 165 Å². The number of carbonyl (C=O) groups is 1. The second kappa shape index (κ2) is 8.12. The molecule has 1 heterocycles. The van der Waals surface area contributed by atoms with E-state index in [1.54, 1.807) is 25.1 Å². The van der Waals surface area contributed by atoms with Crippen molar-refractivity contribution in [2.24, 2.45) is 0 Å². The van der Waals surface area contributed by atoms with Gasteiger partial charge in [0.05, 0.1) is 5.25 Å². The van der Waals surface area contributed by atoms with Crippen LogP contribution in [0.1, 0.15) is 12.5 Å². The van der Waals surface area contributed by atoms with E-state index in [1.165, 1.54) is 11.8 Å². The Morgan fingerprint density at radius 1 is 1.15 bits per heavy atom. The third-order valence-corrected chi connectivity index (χ3v) is 4.93. The van der Waals surface area contributed by atoms with Gasteiger partial charge in [0.2, 0.25) is 11.8 Å². The standard InChI is InChI=1S/C18H15Cl2N3O2S/c1-10-5-3-4-6-15(10)17-22-23-18(25-17)26-11(2)16(24)21-14-8-12(19)7-13(20)9-14/h3-9,11H,1-2H3,(H,21,24)/t11-/m0/s1. The first-order valence-electron chi connectivity index (χ1n) is 7.75. The number of benzene rings is 2. The first-order chi connectivity index (χ1) is 12.4. The van der Waals surface area contributed by atoms with E-state index < -0.39 is 5.25 Å². The molecular weight excluding hydrogens is 393 g/mol. The number of thioether (sulfide) groups is 1. The monoisotopic (exact) mass is 407 g/mol. The number of hydrogen-bond donors (Lipinski definition) is 1. The van der Waals surface area contributed by atoms with Crippen LogP contribution in [0.15, 0.2) is 52.1 Å². The molecule has 0 saturated carbocycles. The summed E-state index contributed by atoms with van der Waals surface area (Å²) in [4.78, 5) is 12.4. The van der Waals surface area contributed by atoms with E-state index in [2.05, 4.69) is 15.5 Å². The lowest BCUT2D eigenvalue weighted by atomic mass is 10.1. The van der Waals surface area contributed by atoms with Gasteiger partial charge in [0, 0.05) is 21.3 Å². The van der Waals surface area contributed by atoms with Gasteiger partial charge in [-0.15, -0.1) is 10.2 Å². The van der Waals surface area contributed by atoms with Crippen LogP contribution in [0.4, 0.5) is 5.69 Å². The van der Waals surface area contributed by atoms with Crippen molar-refractivity contribution in [3.05, 3.63) is 58.1 Å². The molecule has 0 aliphatic carbocycles. The molecule has 2 aromatic carbocycles. The van der Waals surface area contributed by atoms with Crippen LogP contribution in [0, 0.1) is 6.92 Å². The molecule has 5 nitrogen and oxygen atoms in total. The molecule has 3 rings (SSSR count). The van der Waals surface area contributed by atoms with E-state index >= 15 is 0 Å². The average Bonchev–Trinajstić information content (AvgIpc) is 3.02. The summed E-state index contributed by atoms with van der Waals surface area (Å²) in [6.07, 6.45) is 0. The minimum atomic E-state index is -0.446. The Balaban J connectivity index is 1.67. The fourth-order valence-electron chi connectivity index (χ4n) is 2.25. The predicted octanol–water partition coefficient (Wildman–Crippen LogP) is 5.47. The Bertz CT molecular complexity index is 925. The summed E-state index contributed by atoms with van der Waals surface area (Å²) in [5.74, 6) is 0.212. The van der Waals surface area contributed by atoms with Crippen LogP contribution in [0.3, 0.4) is 0 Å². The fourth-order valence-corrected chi connectivity index (χ4v) is 3.46. The molecular formula is C18H15Cl2N3O2S. The van der Waals surface area contributed by atoms with Gasteiger partial charge in [0.15, 0.2) is 0 Å². The topological polar surface area (TPSA) is 68.0 Å². The number of hydrogen-bond acceptors (Lipinski definition) is 5. The second-order valence-corrected chi connectivity index (χ2v) is 7.76. The number of anilines is 1. The van der Waals surface area contributed by atoms with Crippen molar-refractivity contribution < 1.29 is 9.21 Å². The Morgan fingerprint density at radius 2 is 1.85 bits per heavy atom. The predicted molar refractivity (Wildman–Crippen MR) is 105 cm³/mol. The van der Waals surface area contributed by atoms with E-state index in [9.17, 15) is 4.79 Å². The molecule has 0 fully saturated rings. The lowest BCUT2D eigenvalue weighted by Crippen LogP contribution is -2.22. The van der Waals surface area contributed by atoms with Crippen LogP contribution in [0.2, 0.25) is 10.0 Å². The molecule has 1 N–H and O–H groups in total. The largest absolute Gasteiger partial charge is 0.411 e. The fraction of sp³-hybridized carbons (Fsp3) is 0.167. The molecule has 134 valence electrons. The quantitative estimate of drug-likeness (QED) is 0.567. The highest BCUT2D eigenvalue weighted by molar-refractivity contribution is 8.00. The van der Waals surface area contributed by atoms with E-state index in [4.69, 9.17) is 27.6 Å². The molecule has 26 heavy (non-hydrogen) atoms. The SMILES string of the molecule is Cc1ccccc1-c1nnc(S[C@@H](C)C(=O)Nc2cc(Cl)cc(Cl)c2)o1. The molecule has 0 aliphatic rings. The zero-order valence-corrected chi connectivity index (χ0v) is 16.3. The molecule has 0 aliphatic heterocycles. The van der Waals surface area contributed by atoms with Gasteiger partial charge in [-0.1, -0.05) is 53.2 Å². The molecule has 0 unspecified atom stereocenters. The number of aromatic nitrogens is 2. The van der Waals surface area contributed by atoms with Gasteiger partial charge >= 0.3 is 0 Å². The third kappa shape index (κ3) is 4.58. The van der Waals surface area contributed by atoms with E-state index in [0.29, 0.717) is 26.8 Å². The van der Waals surface area contributed by atoms with Crippen molar-refractivity contribution in [1.29, 1.82) is 0 Å². The number of nitrogens with one attached hydrogen (secondary N) is 1. The van der Waals surface area contributed by atoms with Crippen LogP contribution < -0.4 is 5.32 Å². The van der Waals surface area contributed by atoms with Gasteiger partial charge in [-0.2, -0.15) is 0 Å². The lowest BCUT2D eigenvalue weighted by molar-refractivity contribution is -0.115. The normalized spacial score (nSPS) is 12.0. The molecule has 0 bridgehead atoms. The first kappa shape index (κ1) is 18.8. The average molecular weight is 408 g/mol. The highest BCUT2D eigenvalue weighted by Gasteiger charge is 2.19. The molecule has 1 aromatic heterocycles. The highest BCUT2D eigenvalue weighted by atomic mass is 35.5. The van der Waals surface area contributed by atoms with Gasteiger partial charge < -0.3 is 9.73 Å². The number of rotatable bonds is 5. The Kier molecular flexibility index (Phi) is 5.86. The number of carbonyl (C=O) groups excluding carboxylic acids is 1. The molecule has 0 radical (unpaired) electrons. The molecule has 3 aromatic rings. The maximum atomic E-state index is 12.4. The van der Waals surface area contributed by atoms with E-state index in [-0.39, 0.29) is 5.91 Å². The number of nitrogens with zero attached hydrogens (tertiary/aromatic N) is 2. The van der Waals surface area contributed by atoms with Gasteiger partial charge in [-0.05, 0) is 43.7 Å². The molecule has 1 amide bonds. The maximum Gasteiger partial charge on any atom is 0.277 e. The van der Waals surface area contributed by atoms with Crippen molar-refractivity contribution in [1.82, 2.24) is 10.2 Å². The van der Waals surface area contributed by atoms with Crippen LogP contribution in [0.25, 0.3) is 11.5 Å². The molecule has 0 spiro atoms. The smallest absolute Gasteiger partial charge is 0.277 e. The van der Waals surface area contributed by atoms with Gasteiger partial charge in [-0.25, -0.2) is 0 Å². The third-order valence-electron chi connectivity index (χ3n) is 3.56. The van der Waals surface area contributed by atoms with Crippen molar-refractivity contribution >= 4 is 46.6 Å². The zero-order chi connectivity index (χ0) is 18.7. The van der Waals surface area contributed by atoms with Gasteiger partial charge in [0.1, 0.15) is 0 Å². The summed E-state index contributed by atoms with van der Waals surface area (Å²) in [6, 6.07) is 12.6. The van der Waals surface area contributed by atoms with Crippen molar-refractivity contribution in [2.75, 3.05) is 5.32 Å². The van der Waals surface area contributed by atoms with Crippen molar-refractivity contribution in [3.63, 3.8) is 0 Å². The summed E-state index contributed by atoms with van der Waals surface area (Å²) in [5, 5.41) is 11.6. The van der Waals surface area contributed by atoms with Crippen molar-refractivity contribution in [2.45, 2.75) is 24.3 Å².